The number of nitrogens with zero attached hydrogens (tertiary/aromatic N) is 3. The molecule has 3 aromatic heterocycles. The van der Waals surface area contributed by atoms with Crippen LogP contribution in [0.1, 0.15) is 16.1 Å². The summed E-state index contributed by atoms with van der Waals surface area (Å²) in [6.45, 7) is 1.82. The lowest BCUT2D eigenvalue weighted by atomic mass is 10.2. The zero-order chi connectivity index (χ0) is 14.1. The summed E-state index contributed by atoms with van der Waals surface area (Å²) in [4.78, 5) is 20.3. The largest absolute Gasteiger partial charge is 0.478 e. The van der Waals surface area contributed by atoms with E-state index in [9.17, 15) is 4.79 Å². The average molecular weight is 287 g/mol. The number of thiazole rings is 1. The van der Waals surface area contributed by atoms with E-state index >= 15 is 0 Å². The zero-order valence-electron chi connectivity index (χ0n) is 10.4. The molecule has 0 unspecified atom stereocenters. The summed E-state index contributed by atoms with van der Waals surface area (Å²) in [5.74, 6) is -0.271. The lowest BCUT2D eigenvalue weighted by Gasteiger charge is -1.97. The minimum absolute atomic E-state index is 0.188. The van der Waals surface area contributed by atoms with Crippen molar-refractivity contribution in [2.24, 2.45) is 0 Å². The van der Waals surface area contributed by atoms with Crippen LogP contribution in [0.3, 0.4) is 0 Å². The minimum atomic E-state index is -0.986. The van der Waals surface area contributed by atoms with E-state index in [4.69, 9.17) is 9.63 Å². The van der Waals surface area contributed by atoms with E-state index in [0.717, 1.165) is 10.4 Å². The molecule has 0 saturated carbocycles. The van der Waals surface area contributed by atoms with Gasteiger partial charge in [-0.05, 0) is 19.1 Å². The maximum Gasteiger partial charge on any atom is 0.335 e. The standard InChI is InChI=1S/C13H9N3O3S/c1-7-9(5-16-19-7)11-6-15-12(20-11)10-4-8(13(17)18)2-3-14-10/h2-6H,1H3,(H,17,18). The summed E-state index contributed by atoms with van der Waals surface area (Å²) in [6.07, 6.45) is 4.80. The molecule has 0 spiro atoms. The van der Waals surface area contributed by atoms with Crippen LogP contribution < -0.4 is 0 Å². The SMILES string of the molecule is Cc1oncc1-c1cnc(-c2cc(C(=O)O)ccn2)s1. The summed E-state index contributed by atoms with van der Waals surface area (Å²) in [7, 11) is 0. The van der Waals surface area contributed by atoms with Crippen LogP contribution in [0.15, 0.2) is 35.2 Å². The summed E-state index contributed by atoms with van der Waals surface area (Å²) in [5, 5.41) is 13.4. The van der Waals surface area contributed by atoms with Crippen LogP contribution in [0.4, 0.5) is 0 Å². The van der Waals surface area contributed by atoms with Gasteiger partial charge in [0.25, 0.3) is 0 Å². The number of aromatic nitrogens is 3. The van der Waals surface area contributed by atoms with Crippen LogP contribution in [-0.2, 0) is 0 Å². The highest BCUT2D eigenvalue weighted by molar-refractivity contribution is 7.18. The van der Waals surface area contributed by atoms with Gasteiger partial charge in [-0.3, -0.25) is 4.98 Å². The maximum absolute atomic E-state index is 11.0. The Balaban J connectivity index is 2.00. The van der Waals surface area contributed by atoms with E-state index in [-0.39, 0.29) is 5.56 Å². The minimum Gasteiger partial charge on any atom is -0.478 e. The van der Waals surface area contributed by atoms with Crippen molar-refractivity contribution in [2.75, 3.05) is 0 Å². The quantitative estimate of drug-likeness (QED) is 0.796. The van der Waals surface area contributed by atoms with E-state index in [1.165, 1.54) is 29.7 Å². The highest BCUT2D eigenvalue weighted by Gasteiger charge is 2.13. The monoisotopic (exact) mass is 287 g/mol. The molecular weight excluding hydrogens is 278 g/mol. The van der Waals surface area contributed by atoms with E-state index < -0.39 is 5.97 Å². The molecule has 0 radical (unpaired) electrons. The number of hydrogen-bond donors (Lipinski definition) is 1. The van der Waals surface area contributed by atoms with Gasteiger partial charge in [0.15, 0.2) is 0 Å². The molecule has 3 aromatic rings. The molecule has 7 heteroatoms. The van der Waals surface area contributed by atoms with Gasteiger partial charge in [-0.25, -0.2) is 9.78 Å². The Hall–Kier alpha value is -2.54. The Kier molecular flexibility index (Phi) is 3.03. The topological polar surface area (TPSA) is 89.1 Å². The van der Waals surface area contributed by atoms with Crippen LogP contribution in [0.25, 0.3) is 21.1 Å². The van der Waals surface area contributed by atoms with Crippen molar-refractivity contribution in [3.63, 3.8) is 0 Å². The summed E-state index contributed by atoms with van der Waals surface area (Å²) in [6, 6.07) is 2.95. The number of carboxylic acids is 1. The first kappa shape index (κ1) is 12.5. The van der Waals surface area contributed by atoms with Crippen molar-refractivity contribution in [2.45, 2.75) is 6.92 Å². The Morgan fingerprint density at radius 2 is 2.20 bits per heavy atom. The Morgan fingerprint density at radius 3 is 2.90 bits per heavy atom. The lowest BCUT2D eigenvalue weighted by molar-refractivity contribution is 0.0697. The molecule has 0 aliphatic rings. The first-order chi connectivity index (χ1) is 9.65. The van der Waals surface area contributed by atoms with E-state index in [0.29, 0.717) is 16.5 Å². The molecule has 20 heavy (non-hydrogen) atoms. The second-order valence-corrected chi connectivity index (χ2v) is 5.09. The maximum atomic E-state index is 11.0. The molecule has 3 rings (SSSR count). The molecule has 3 heterocycles. The third-order valence-electron chi connectivity index (χ3n) is 2.75. The molecule has 0 atom stereocenters. The van der Waals surface area contributed by atoms with Crippen molar-refractivity contribution < 1.29 is 14.4 Å². The third-order valence-corrected chi connectivity index (χ3v) is 3.80. The molecule has 0 saturated heterocycles. The molecule has 0 aromatic carbocycles. The van der Waals surface area contributed by atoms with Gasteiger partial charge in [0.05, 0.1) is 27.9 Å². The smallest absolute Gasteiger partial charge is 0.335 e. The highest BCUT2D eigenvalue weighted by Crippen LogP contribution is 2.32. The van der Waals surface area contributed by atoms with Gasteiger partial charge in [-0.15, -0.1) is 11.3 Å². The van der Waals surface area contributed by atoms with Crippen LogP contribution in [-0.4, -0.2) is 26.2 Å². The second kappa shape index (κ2) is 4.86. The molecule has 0 aliphatic heterocycles. The molecule has 0 bridgehead atoms. The normalized spacial score (nSPS) is 10.7. The number of hydrogen-bond acceptors (Lipinski definition) is 6. The Morgan fingerprint density at radius 1 is 1.35 bits per heavy atom. The fourth-order valence-corrected chi connectivity index (χ4v) is 2.67. The Bertz CT molecular complexity index is 779. The van der Waals surface area contributed by atoms with Crippen molar-refractivity contribution in [3.05, 3.63) is 42.0 Å². The van der Waals surface area contributed by atoms with Crippen LogP contribution in [0, 0.1) is 6.92 Å². The van der Waals surface area contributed by atoms with Gasteiger partial charge in [-0.1, -0.05) is 5.16 Å². The predicted octanol–water partition coefficient (Wildman–Crippen LogP) is 2.87. The first-order valence-electron chi connectivity index (χ1n) is 5.72. The number of aromatic carboxylic acids is 1. The van der Waals surface area contributed by atoms with E-state index in [1.54, 1.807) is 12.4 Å². The highest BCUT2D eigenvalue weighted by atomic mass is 32.1. The lowest BCUT2D eigenvalue weighted by Crippen LogP contribution is -1.96. The van der Waals surface area contributed by atoms with Crippen LogP contribution in [0.5, 0.6) is 0 Å². The van der Waals surface area contributed by atoms with Crippen molar-refractivity contribution >= 4 is 17.3 Å². The van der Waals surface area contributed by atoms with Crippen molar-refractivity contribution in [3.8, 4) is 21.1 Å². The summed E-state index contributed by atoms with van der Waals surface area (Å²) >= 11 is 1.41. The number of pyridine rings is 1. The fourth-order valence-electron chi connectivity index (χ4n) is 1.73. The molecular formula is C13H9N3O3S. The second-order valence-electron chi connectivity index (χ2n) is 4.06. The van der Waals surface area contributed by atoms with Gasteiger partial charge in [0.1, 0.15) is 10.8 Å². The van der Waals surface area contributed by atoms with Crippen LogP contribution in [0.2, 0.25) is 0 Å². The number of rotatable bonds is 3. The zero-order valence-corrected chi connectivity index (χ0v) is 11.2. The van der Waals surface area contributed by atoms with Crippen molar-refractivity contribution in [1.82, 2.24) is 15.1 Å². The molecule has 100 valence electrons. The molecule has 0 aliphatic carbocycles. The van der Waals surface area contributed by atoms with Gasteiger partial charge in [0.2, 0.25) is 0 Å². The fraction of sp³-hybridized carbons (Fsp3) is 0.0769. The van der Waals surface area contributed by atoms with E-state index in [1.807, 2.05) is 6.92 Å². The number of carbonyl (C=O) groups is 1. The van der Waals surface area contributed by atoms with Crippen LogP contribution >= 0.6 is 11.3 Å². The average Bonchev–Trinajstić information content (AvgIpc) is 3.07. The molecule has 1 N–H and O–H groups in total. The number of aryl methyl sites for hydroxylation is 1. The van der Waals surface area contributed by atoms with Gasteiger partial charge < -0.3 is 9.63 Å². The summed E-state index contributed by atoms with van der Waals surface area (Å²) < 4.78 is 5.02. The molecule has 0 amide bonds. The van der Waals surface area contributed by atoms with Gasteiger partial charge in [-0.2, -0.15) is 0 Å². The van der Waals surface area contributed by atoms with Gasteiger partial charge in [0, 0.05) is 12.4 Å². The molecule has 6 nitrogen and oxygen atoms in total. The third kappa shape index (κ3) is 2.19. The number of carboxylic acid groups (broad SMARTS) is 1. The summed E-state index contributed by atoms with van der Waals surface area (Å²) in [5.41, 5.74) is 1.60. The predicted molar refractivity (Wildman–Crippen MR) is 72.5 cm³/mol. The van der Waals surface area contributed by atoms with Gasteiger partial charge >= 0.3 is 5.97 Å². The van der Waals surface area contributed by atoms with E-state index in [2.05, 4.69) is 15.1 Å². The first-order valence-corrected chi connectivity index (χ1v) is 6.54. The molecule has 0 fully saturated rings. The Labute approximate surface area is 117 Å². The van der Waals surface area contributed by atoms with Crippen molar-refractivity contribution in [1.29, 1.82) is 0 Å².